The lowest BCUT2D eigenvalue weighted by Gasteiger charge is -2.33. The fourth-order valence-corrected chi connectivity index (χ4v) is 1.89. The van der Waals surface area contributed by atoms with Crippen LogP contribution in [-0.2, 0) is 9.47 Å². The number of carbonyl (C=O) groups excluding carboxylic acids is 1. The highest BCUT2D eigenvalue weighted by atomic mass is 16.7. The van der Waals surface area contributed by atoms with Crippen LogP contribution in [-0.4, -0.2) is 47.7 Å². The second-order valence-corrected chi connectivity index (χ2v) is 3.60. The van der Waals surface area contributed by atoms with E-state index in [9.17, 15) is 9.90 Å². The maximum absolute atomic E-state index is 11.1. The van der Waals surface area contributed by atoms with Crippen LogP contribution < -0.4 is 0 Å². The molecule has 5 heteroatoms. The maximum atomic E-state index is 11.1. The molecule has 0 aromatic rings. The molecule has 2 fully saturated rings. The second kappa shape index (κ2) is 2.85. The number of ether oxygens (including phenoxy) is 2. The van der Waals surface area contributed by atoms with Gasteiger partial charge in [0.05, 0.1) is 12.1 Å². The quantitative estimate of drug-likeness (QED) is 0.577. The van der Waals surface area contributed by atoms with Crippen LogP contribution in [0.4, 0.5) is 4.79 Å². The first-order valence-electron chi connectivity index (χ1n) is 4.36. The Bertz CT molecular complexity index is 232. The summed E-state index contributed by atoms with van der Waals surface area (Å²) in [4.78, 5) is 12.7. The number of likely N-dealkylation sites (N-methyl/N-ethyl adjacent to an activating group) is 1. The second-order valence-electron chi connectivity index (χ2n) is 3.60. The minimum absolute atomic E-state index is 0.0341. The maximum Gasteiger partial charge on any atom is 0.410 e. The number of amides is 1. The molecule has 2 aliphatic heterocycles. The summed E-state index contributed by atoms with van der Waals surface area (Å²) in [6, 6.07) is -0.0498. The molecule has 2 aliphatic rings. The first-order chi connectivity index (χ1) is 6.09. The lowest BCUT2D eigenvalue weighted by Crippen LogP contribution is -2.49. The highest BCUT2D eigenvalue weighted by Crippen LogP contribution is 2.30. The molecule has 4 atom stereocenters. The number of aliphatic hydroxyl groups excluding tert-OH is 1. The Hall–Kier alpha value is -0.810. The van der Waals surface area contributed by atoms with Crippen molar-refractivity contribution in [3.63, 3.8) is 0 Å². The number of carbonyl (C=O) groups is 1. The summed E-state index contributed by atoms with van der Waals surface area (Å²) < 4.78 is 10.1. The van der Waals surface area contributed by atoms with Crippen LogP contribution in [0.1, 0.15) is 13.3 Å². The molecule has 2 saturated heterocycles. The van der Waals surface area contributed by atoms with Gasteiger partial charge in [0.2, 0.25) is 0 Å². The largest absolute Gasteiger partial charge is 0.438 e. The van der Waals surface area contributed by atoms with Gasteiger partial charge in [-0.2, -0.15) is 0 Å². The minimum atomic E-state index is -0.984. The molecule has 13 heavy (non-hydrogen) atoms. The van der Waals surface area contributed by atoms with Gasteiger partial charge in [-0.25, -0.2) is 4.79 Å². The predicted octanol–water partition coefficient (Wildman–Crippen LogP) is -0.0672. The van der Waals surface area contributed by atoms with Crippen molar-refractivity contribution < 1.29 is 19.4 Å². The molecule has 2 rings (SSSR count). The van der Waals surface area contributed by atoms with E-state index in [0.29, 0.717) is 6.42 Å². The van der Waals surface area contributed by atoms with E-state index in [0.717, 1.165) is 0 Å². The van der Waals surface area contributed by atoms with Gasteiger partial charge in [0.1, 0.15) is 0 Å². The van der Waals surface area contributed by atoms with E-state index in [2.05, 4.69) is 0 Å². The van der Waals surface area contributed by atoms with Gasteiger partial charge in [0, 0.05) is 7.05 Å². The van der Waals surface area contributed by atoms with Gasteiger partial charge in [-0.3, -0.25) is 0 Å². The standard InChI is InChI=1S/C8H13NO4/c1-4-3-5-6(7(10)12-4)13-8(11)9(5)2/h4-7,10H,3H2,1-2H3/t4-,5+,6-,7-/m1/s1. The van der Waals surface area contributed by atoms with Crippen LogP contribution >= 0.6 is 0 Å². The fraction of sp³-hybridized carbons (Fsp3) is 0.875. The zero-order chi connectivity index (χ0) is 9.59. The molecule has 0 bridgehead atoms. The van der Waals surface area contributed by atoms with E-state index in [1.807, 2.05) is 6.92 Å². The van der Waals surface area contributed by atoms with E-state index in [1.165, 1.54) is 4.90 Å². The Kier molecular flexibility index (Phi) is 1.92. The number of hydrogen-bond acceptors (Lipinski definition) is 4. The van der Waals surface area contributed by atoms with E-state index in [-0.39, 0.29) is 18.2 Å². The number of nitrogens with zero attached hydrogens (tertiary/aromatic N) is 1. The highest BCUT2D eigenvalue weighted by Gasteiger charge is 2.48. The molecule has 74 valence electrons. The zero-order valence-electron chi connectivity index (χ0n) is 7.64. The van der Waals surface area contributed by atoms with Crippen molar-refractivity contribution in [3.05, 3.63) is 0 Å². The van der Waals surface area contributed by atoms with Gasteiger partial charge in [-0.1, -0.05) is 0 Å². The van der Waals surface area contributed by atoms with E-state index in [1.54, 1.807) is 7.05 Å². The summed E-state index contributed by atoms with van der Waals surface area (Å²) >= 11 is 0. The van der Waals surface area contributed by atoms with Gasteiger partial charge < -0.3 is 19.5 Å². The van der Waals surface area contributed by atoms with E-state index < -0.39 is 12.4 Å². The van der Waals surface area contributed by atoms with Gasteiger partial charge in [0.25, 0.3) is 0 Å². The minimum Gasteiger partial charge on any atom is -0.438 e. The Morgan fingerprint density at radius 2 is 2.31 bits per heavy atom. The van der Waals surface area contributed by atoms with Crippen LogP contribution in [0, 0.1) is 0 Å². The molecule has 2 heterocycles. The third kappa shape index (κ3) is 1.28. The normalized spacial score (nSPS) is 44.5. The van der Waals surface area contributed by atoms with Crippen LogP contribution in [0.5, 0.6) is 0 Å². The summed E-state index contributed by atoms with van der Waals surface area (Å²) in [7, 11) is 1.68. The summed E-state index contributed by atoms with van der Waals surface area (Å²) in [6.45, 7) is 1.87. The molecule has 0 spiro atoms. The predicted molar refractivity (Wildman–Crippen MR) is 43.0 cm³/mol. The number of hydrogen-bond donors (Lipinski definition) is 1. The molecule has 0 aliphatic carbocycles. The van der Waals surface area contributed by atoms with Crippen molar-refractivity contribution in [1.29, 1.82) is 0 Å². The van der Waals surface area contributed by atoms with Crippen LogP contribution in [0.3, 0.4) is 0 Å². The lowest BCUT2D eigenvalue weighted by atomic mass is 10.0. The molecule has 0 radical (unpaired) electrons. The fourth-order valence-electron chi connectivity index (χ4n) is 1.89. The third-order valence-corrected chi connectivity index (χ3v) is 2.63. The van der Waals surface area contributed by atoms with Crippen LogP contribution in [0.15, 0.2) is 0 Å². The Balaban J connectivity index is 2.17. The van der Waals surface area contributed by atoms with Gasteiger partial charge in [-0.05, 0) is 13.3 Å². The monoisotopic (exact) mass is 187 g/mol. The molecular weight excluding hydrogens is 174 g/mol. The molecule has 0 unspecified atom stereocenters. The average Bonchev–Trinajstić information content (AvgIpc) is 2.32. The summed E-state index contributed by atoms with van der Waals surface area (Å²) in [5.41, 5.74) is 0. The average molecular weight is 187 g/mol. The van der Waals surface area contributed by atoms with Gasteiger partial charge in [-0.15, -0.1) is 0 Å². The van der Waals surface area contributed by atoms with Crippen molar-refractivity contribution in [1.82, 2.24) is 4.90 Å². The van der Waals surface area contributed by atoms with Crippen molar-refractivity contribution in [2.45, 2.75) is 37.9 Å². The number of fused-ring (bicyclic) bond motifs is 1. The van der Waals surface area contributed by atoms with Crippen molar-refractivity contribution in [2.24, 2.45) is 0 Å². The van der Waals surface area contributed by atoms with Gasteiger partial charge in [0.15, 0.2) is 12.4 Å². The first kappa shape index (κ1) is 8.77. The molecule has 1 N–H and O–H groups in total. The number of aliphatic hydroxyl groups is 1. The summed E-state index contributed by atoms with van der Waals surface area (Å²) in [6.07, 6.45) is -1.21. The first-order valence-corrected chi connectivity index (χ1v) is 4.36. The van der Waals surface area contributed by atoms with Gasteiger partial charge >= 0.3 is 6.09 Å². The Morgan fingerprint density at radius 3 is 3.00 bits per heavy atom. The summed E-state index contributed by atoms with van der Waals surface area (Å²) in [5, 5.41) is 9.46. The smallest absolute Gasteiger partial charge is 0.410 e. The third-order valence-electron chi connectivity index (χ3n) is 2.63. The number of rotatable bonds is 0. The zero-order valence-corrected chi connectivity index (χ0v) is 7.64. The van der Waals surface area contributed by atoms with Crippen molar-refractivity contribution >= 4 is 6.09 Å². The summed E-state index contributed by atoms with van der Waals surface area (Å²) in [5.74, 6) is 0. The molecule has 0 aromatic heterocycles. The lowest BCUT2D eigenvalue weighted by molar-refractivity contribution is -0.209. The van der Waals surface area contributed by atoms with Crippen molar-refractivity contribution in [3.8, 4) is 0 Å². The topological polar surface area (TPSA) is 59.0 Å². The van der Waals surface area contributed by atoms with E-state index >= 15 is 0 Å². The Labute approximate surface area is 76.2 Å². The van der Waals surface area contributed by atoms with E-state index in [4.69, 9.17) is 9.47 Å². The highest BCUT2D eigenvalue weighted by molar-refractivity contribution is 5.70. The Morgan fingerprint density at radius 1 is 1.62 bits per heavy atom. The molecule has 5 nitrogen and oxygen atoms in total. The SMILES string of the molecule is C[C@@H]1C[C@H]2[C@@H](OC(=O)N2C)[C@H](O)O1. The molecule has 0 aromatic carbocycles. The molecule has 0 saturated carbocycles. The van der Waals surface area contributed by atoms with Crippen LogP contribution in [0.2, 0.25) is 0 Å². The molecular formula is C8H13NO4. The van der Waals surface area contributed by atoms with Crippen molar-refractivity contribution in [2.75, 3.05) is 7.05 Å². The molecule has 1 amide bonds. The van der Waals surface area contributed by atoms with Crippen LogP contribution in [0.25, 0.3) is 0 Å².